The third-order valence-corrected chi connectivity index (χ3v) is 5.32. The second kappa shape index (κ2) is 9.06. The van der Waals surface area contributed by atoms with Gasteiger partial charge in [0, 0.05) is 25.3 Å². The first kappa shape index (κ1) is 21.0. The highest BCUT2D eigenvalue weighted by Crippen LogP contribution is 2.22. The number of likely N-dealkylation sites (tertiary alicyclic amines) is 1. The normalized spacial score (nSPS) is 21.4. The molecule has 0 spiro atoms. The maximum absolute atomic E-state index is 12.3. The number of carbonyl (C=O) groups is 1. The summed E-state index contributed by atoms with van der Waals surface area (Å²) in [6.45, 7) is 8.37. The predicted octanol–water partition coefficient (Wildman–Crippen LogP) is 2.81. The molecular formula is C18H28ClN3O3S. The highest BCUT2D eigenvalue weighted by atomic mass is 35.5. The first-order valence-electron chi connectivity index (χ1n) is 8.92. The number of piperidine rings is 1. The molecule has 1 aliphatic rings. The molecule has 146 valence electrons. The van der Waals surface area contributed by atoms with Gasteiger partial charge in [0.1, 0.15) is 0 Å². The Morgan fingerprint density at radius 2 is 1.92 bits per heavy atom. The van der Waals surface area contributed by atoms with E-state index in [9.17, 15) is 13.2 Å². The third kappa shape index (κ3) is 6.78. The summed E-state index contributed by atoms with van der Waals surface area (Å²) in [6.07, 6.45) is 3.23. The van der Waals surface area contributed by atoms with Crippen LogP contribution in [-0.4, -0.2) is 51.7 Å². The van der Waals surface area contributed by atoms with Gasteiger partial charge in [-0.15, -0.1) is 0 Å². The molecule has 1 fully saturated rings. The van der Waals surface area contributed by atoms with Crippen LogP contribution in [0.2, 0.25) is 5.02 Å². The lowest BCUT2D eigenvalue weighted by atomic mass is 9.92. The maximum atomic E-state index is 12.3. The van der Waals surface area contributed by atoms with E-state index in [1.165, 1.54) is 24.6 Å². The minimum absolute atomic E-state index is 0.217. The fourth-order valence-corrected chi connectivity index (χ4v) is 4.37. The highest BCUT2D eigenvalue weighted by molar-refractivity contribution is 7.92. The van der Waals surface area contributed by atoms with Gasteiger partial charge in [0.2, 0.25) is 10.0 Å². The van der Waals surface area contributed by atoms with Crippen molar-refractivity contribution in [3.05, 3.63) is 28.8 Å². The first-order chi connectivity index (χ1) is 12.1. The third-order valence-electron chi connectivity index (χ3n) is 4.40. The molecule has 2 rings (SSSR count). The number of rotatable bonds is 7. The van der Waals surface area contributed by atoms with Crippen molar-refractivity contribution >= 4 is 33.2 Å². The molecule has 0 bridgehead atoms. The van der Waals surface area contributed by atoms with Crippen molar-refractivity contribution in [2.24, 2.45) is 11.8 Å². The van der Waals surface area contributed by atoms with Gasteiger partial charge in [-0.05, 0) is 49.4 Å². The average Bonchev–Trinajstić information content (AvgIpc) is 2.49. The van der Waals surface area contributed by atoms with Crippen LogP contribution in [0.15, 0.2) is 18.2 Å². The lowest BCUT2D eigenvalue weighted by Gasteiger charge is -2.34. The number of halogens is 1. The number of nitrogens with one attached hydrogen (secondary N) is 2. The molecule has 1 aromatic rings. The molecule has 1 saturated heterocycles. The van der Waals surface area contributed by atoms with E-state index in [1.807, 2.05) is 0 Å². The van der Waals surface area contributed by atoms with E-state index in [1.54, 1.807) is 0 Å². The zero-order valence-corrected chi connectivity index (χ0v) is 17.2. The summed E-state index contributed by atoms with van der Waals surface area (Å²) >= 11 is 6.12. The Balaban J connectivity index is 1.80. The van der Waals surface area contributed by atoms with Crippen LogP contribution in [0.4, 0.5) is 5.69 Å². The van der Waals surface area contributed by atoms with Gasteiger partial charge < -0.3 is 10.2 Å². The quantitative estimate of drug-likeness (QED) is 0.688. The number of carbonyl (C=O) groups excluding carboxylic acids is 1. The molecule has 6 nitrogen and oxygen atoms in total. The largest absolute Gasteiger partial charge is 0.352 e. The fourth-order valence-electron chi connectivity index (χ4n) is 3.55. The summed E-state index contributed by atoms with van der Waals surface area (Å²) in [5, 5.41) is 3.10. The van der Waals surface area contributed by atoms with Gasteiger partial charge in [-0.1, -0.05) is 25.4 Å². The summed E-state index contributed by atoms with van der Waals surface area (Å²) in [6, 6.07) is 4.49. The molecule has 0 radical (unpaired) electrons. The fraction of sp³-hybridized carbons (Fsp3) is 0.611. The molecule has 1 heterocycles. The standard InChI is InChI=1S/C18H28ClN3O3S/c1-13-9-14(2)12-22(11-13)8-4-7-20-18(23)16-6-5-15(10-17(16)19)21-26(3,24)25/h5-6,10,13-14,21H,4,7-9,11-12H2,1-3H3,(H,20,23). The Morgan fingerprint density at radius 1 is 1.27 bits per heavy atom. The summed E-state index contributed by atoms with van der Waals surface area (Å²) < 4.78 is 24.8. The SMILES string of the molecule is CC1CC(C)CN(CCCNC(=O)c2ccc(NS(C)(=O)=O)cc2Cl)C1. The molecular weight excluding hydrogens is 374 g/mol. The monoisotopic (exact) mass is 401 g/mol. The van der Waals surface area contributed by atoms with Crippen LogP contribution < -0.4 is 10.0 Å². The van der Waals surface area contributed by atoms with Gasteiger partial charge in [0.25, 0.3) is 5.91 Å². The Morgan fingerprint density at radius 3 is 2.50 bits per heavy atom. The minimum Gasteiger partial charge on any atom is -0.352 e. The van der Waals surface area contributed by atoms with Gasteiger partial charge in [0.05, 0.1) is 16.8 Å². The minimum atomic E-state index is -3.38. The molecule has 2 atom stereocenters. The zero-order chi connectivity index (χ0) is 19.3. The number of sulfonamides is 1. The van der Waals surface area contributed by atoms with Crippen LogP contribution in [0.5, 0.6) is 0 Å². The number of hydrogen-bond acceptors (Lipinski definition) is 4. The van der Waals surface area contributed by atoms with E-state index in [4.69, 9.17) is 11.6 Å². The van der Waals surface area contributed by atoms with Crippen LogP contribution >= 0.6 is 11.6 Å². The number of benzene rings is 1. The van der Waals surface area contributed by atoms with Gasteiger partial charge >= 0.3 is 0 Å². The van der Waals surface area contributed by atoms with E-state index >= 15 is 0 Å². The van der Waals surface area contributed by atoms with Crippen molar-refractivity contribution in [2.75, 3.05) is 37.2 Å². The summed E-state index contributed by atoms with van der Waals surface area (Å²) in [5.41, 5.74) is 0.674. The summed E-state index contributed by atoms with van der Waals surface area (Å²) in [4.78, 5) is 14.7. The molecule has 26 heavy (non-hydrogen) atoms. The maximum Gasteiger partial charge on any atom is 0.252 e. The lowest BCUT2D eigenvalue weighted by Crippen LogP contribution is -2.40. The molecule has 0 saturated carbocycles. The van der Waals surface area contributed by atoms with Gasteiger partial charge in [0.15, 0.2) is 0 Å². The van der Waals surface area contributed by atoms with E-state index in [2.05, 4.69) is 28.8 Å². The second-order valence-electron chi connectivity index (χ2n) is 7.38. The van der Waals surface area contributed by atoms with Crippen LogP contribution in [0.3, 0.4) is 0 Å². The Bertz CT molecular complexity index is 729. The predicted molar refractivity (Wildman–Crippen MR) is 106 cm³/mol. The molecule has 1 aliphatic heterocycles. The first-order valence-corrected chi connectivity index (χ1v) is 11.2. The summed E-state index contributed by atoms with van der Waals surface area (Å²) in [5.74, 6) is 1.21. The van der Waals surface area contributed by atoms with Crippen LogP contribution in [0, 0.1) is 11.8 Å². The Kier molecular flexibility index (Phi) is 7.32. The average molecular weight is 402 g/mol. The van der Waals surface area contributed by atoms with E-state index in [0.29, 0.717) is 17.8 Å². The van der Waals surface area contributed by atoms with Crippen LogP contribution in [0.25, 0.3) is 0 Å². The Labute approximate surface area is 161 Å². The molecule has 0 aromatic heterocycles. The van der Waals surface area contributed by atoms with Crippen molar-refractivity contribution in [2.45, 2.75) is 26.7 Å². The second-order valence-corrected chi connectivity index (χ2v) is 9.54. The van der Waals surface area contributed by atoms with Crippen molar-refractivity contribution in [1.29, 1.82) is 0 Å². The number of anilines is 1. The van der Waals surface area contributed by atoms with Crippen molar-refractivity contribution in [3.8, 4) is 0 Å². The van der Waals surface area contributed by atoms with E-state index in [0.717, 1.165) is 44.1 Å². The van der Waals surface area contributed by atoms with Crippen molar-refractivity contribution in [1.82, 2.24) is 10.2 Å². The summed E-state index contributed by atoms with van der Waals surface area (Å²) in [7, 11) is -3.38. The Hall–Kier alpha value is -1.31. The molecule has 1 aromatic carbocycles. The van der Waals surface area contributed by atoms with E-state index < -0.39 is 10.0 Å². The van der Waals surface area contributed by atoms with E-state index in [-0.39, 0.29) is 10.9 Å². The van der Waals surface area contributed by atoms with Crippen LogP contribution in [0.1, 0.15) is 37.0 Å². The molecule has 0 aliphatic carbocycles. The van der Waals surface area contributed by atoms with Gasteiger partial charge in [-0.3, -0.25) is 9.52 Å². The molecule has 8 heteroatoms. The number of amides is 1. The topological polar surface area (TPSA) is 78.5 Å². The van der Waals surface area contributed by atoms with Gasteiger partial charge in [-0.2, -0.15) is 0 Å². The van der Waals surface area contributed by atoms with Crippen molar-refractivity contribution in [3.63, 3.8) is 0 Å². The van der Waals surface area contributed by atoms with Crippen molar-refractivity contribution < 1.29 is 13.2 Å². The highest BCUT2D eigenvalue weighted by Gasteiger charge is 2.21. The smallest absolute Gasteiger partial charge is 0.252 e. The zero-order valence-electron chi connectivity index (χ0n) is 15.6. The number of hydrogen-bond donors (Lipinski definition) is 2. The molecule has 2 unspecified atom stereocenters. The van der Waals surface area contributed by atoms with Crippen LogP contribution in [-0.2, 0) is 10.0 Å². The number of nitrogens with zero attached hydrogens (tertiary/aromatic N) is 1. The molecule has 2 N–H and O–H groups in total. The molecule has 1 amide bonds. The lowest BCUT2D eigenvalue weighted by molar-refractivity contribution is 0.0947. The van der Waals surface area contributed by atoms with Gasteiger partial charge in [-0.25, -0.2) is 8.42 Å².